The van der Waals surface area contributed by atoms with Gasteiger partial charge in [0, 0.05) is 24.7 Å². The van der Waals surface area contributed by atoms with Crippen LogP contribution in [-0.2, 0) is 32.5 Å². The highest BCUT2D eigenvalue weighted by atomic mass is 16.6. The zero-order valence-electron chi connectivity index (χ0n) is 16.1. The Kier molecular flexibility index (Phi) is 7.19. The van der Waals surface area contributed by atoms with Gasteiger partial charge >= 0.3 is 11.9 Å². The molecule has 0 amide bonds. The lowest BCUT2D eigenvalue weighted by molar-refractivity contribution is -0.172. The van der Waals surface area contributed by atoms with Crippen LogP contribution in [0.25, 0.3) is 10.9 Å². The van der Waals surface area contributed by atoms with Crippen molar-refractivity contribution in [2.75, 3.05) is 19.8 Å². The van der Waals surface area contributed by atoms with Crippen molar-refractivity contribution in [1.82, 2.24) is 4.57 Å². The summed E-state index contributed by atoms with van der Waals surface area (Å²) in [5.74, 6) is -1.23. The monoisotopic (exact) mass is 373 g/mol. The summed E-state index contributed by atoms with van der Waals surface area (Å²) in [5.41, 5.74) is 0.342. The van der Waals surface area contributed by atoms with E-state index >= 15 is 0 Å². The van der Waals surface area contributed by atoms with Gasteiger partial charge in [0.1, 0.15) is 0 Å². The summed E-state index contributed by atoms with van der Waals surface area (Å²) >= 11 is 0. The van der Waals surface area contributed by atoms with Gasteiger partial charge < -0.3 is 19.1 Å². The second kappa shape index (κ2) is 9.37. The number of aromatic nitrogens is 1. The normalized spacial score (nSPS) is 11.9. The number of hydrogen-bond donors (Lipinski definition) is 1. The highest BCUT2D eigenvalue weighted by molar-refractivity contribution is 6.00. The van der Waals surface area contributed by atoms with Crippen LogP contribution in [0.2, 0.25) is 0 Å². The zero-order chi connectivity index (χ0) is 19.9. The summed E-state index contributed by atoms with van der Waals surface area (Å²) in [6.07, 6.45) is 3.36. The van der Waals surface area contributed by atoms with Crippen LogP contribution in [-0.4, -0.2) is 41.4 Å². The van der Waals surface area contributed by atoms with E-state index in [1.165, 1.54) is 6.08 Å². The maximum atomic E-state index is 12.9. The van der Waals surface area contributed by atoms with Gasteiger partial charge in [-0.15, -0.1) is 0 Å². The van der Waals surface area contributed by atoms with Crippen LogP contribution in [0.5, 0.6) is 0 Å². The Labute approximate surface area is 159 Å². The van der Waals surface area contributed by atoms with Gasteiger partial charge in [-0.2, -0.15) is 0 Å². The molecule has 6 heteroatoms. The van der Waals surface area contributed by atoms with E-state index in [1.807, 2.05) is 41.9 Å². The number of para-hydroxylation sites is 1. The molecule has 0 bridgehead atoms. The van der Waals surface area contributed by atoms with Crippen LogP contribution in [0.3, 0.4) is 0 Å². The van der Waals surface area contributed by atoms with Gasteiger partial charge in [-0.05, 0) is 37.8 Å². The van der Waals surface area contributed by atoms with Crippen molar-refractivity contribution in [1.29, 1.82) is 0 Å². The molecule has 0 radical (unpaired) electrons. The van der Waals surface area contributed by atoms with Crippen molar-refractivity contribution < 1.29 is 24.2 Å². The van der Waals surface area contributed by atoms with Gasteiger partial charge in [-0.25, -0.2) is 0 Å². The van der Waals surface area contributed by atoms with Gasteiger partial charge in [0.25, 0.3) is 0 Å². The number of rotatable bonds is 9. The van der Waals surface area contributed by atoms with E-state index in [4.69, 9.17) is 14.6 Å². The van der Waals surface area contributed by atoms with E-state index < -0.39 is 17.4 Å². The summed E-state index contributed by atoms with van der Waals surface area (Å²) in [6, 6.07) is 9.83. The zero-order valence-corrected chi connectivity index (χ0v) is 16.1. The first-order valence-corrected chi connectivity index (χ1v) is 9.13. The Morgan fingerprint density at radius 1 is 1.11 bits per heavy atom. The molecule has 1 heterocycles. The second-order valence-corrected chi connectivity index (χ2v) is 6.31. The number of aryl methyl sites for hydroxylation is 1. The largest absolute Gasteiger partial charge is 0.465 e. The number of hydrogen-bond acceptors (Lipinski definition) is 5. The predicted molar refractivity (Wildman–Crippen MR) is 103 cm³/mol. The van der Waals surface area contributed by atoms with Gasteiger partial charge in [0.15, 0.2) is 5.41 Å². The quantitative estimate of drug-likeness (QED) is 0.415. The molecule has 0 spiro atoms. The lowest BCUT2D eigenvalue weighted by atomic mass is 9.79. The Bertz CT molecular complexity index is 803. The molecule has 1 aromatic heterocycles. The molecular formula is C21H27NO5. The average Bonchev–Trinajstić information content (AvgIpc) is 2.97. The fourth-order valence-corrected chi connectivity index (χ4v) is 3.19. The fourth-order valence-electron chi connectivity index (χ4n) is 3.19. The van der Waals surface area contributed by atoms with Crippen LogP contribution in [0.4, 0.5) is 0 Å². The molecule has 0 aliphatic heterocycles. The first-order valence-electron chi connectivity index (χ1n) is 9.13. The van der Waals surface area contributed by atoms with Crippen LogP contribution in [0.1, 0.15) is 26.0 Å². The van der Waals surface area contributed by atoms with Gasteiger partial charge in [-0.1, -0.05) is 30.4 Å². The van der Waals surface area contributed by atoms with Gasteiger partial charge in [-0.3, -0.25) is 9.59 Å². The van der Waals surface area contributed by atoms with Gasteiger partial charge in [0.05, 0.1) is 19.8 Å². The summed E-state index contributed by atoms with van der Waals surface area (Å²) in [5, 5.41) is 10.1. The third kappa shape index (κ3) is 4.39. The SMILES string of the molecule is CCOC(=O)C(C/C=C\CO)(Cc1cc2ccccc2n1C)C(=O)OCC. The number of aliphatic hydroxyl groups excluding tert-OH is 1. The molecule has 0 saturated carbocycles. The molecule has 0 fully saturated rings. The van der Waals surface area contributed by atoms with E-state index in [2.05, 4.69) is 0 Å². The lowest BCUT2D eigenvalue weighted by Gasteiger charge is -2.28. The summed E-state index contributed by atoms with van der Waals surface area (Å²) in [4.78, 5) is 25.8. The standard InChI is InChI=1S/C21H27NO5/c1-4-26-19(24)21(12-8-9-13-23,20(25)27-5-2)15-17-14-16-10-6-7-11-18(16)22(17)3/h6-11,14,23H,4-5,12-13,15H2,1-3H3/b9-8-. The van der Waals surface area contributed by atoms with Crippen LogP contribution >= 0.6 is 0 Å². The van der Waals surface area contributed by atoms with E-state index in [0.717, 1.165) is 16.6 Å². The van der Waals surface area contributed by atoms with Crippen molar-refractivity contribution in [3.8, 4) is 0 Å². The Balaban J connectivity index is 2.53. The number of ether oxygens (including phenoxy) is 2. The molecule has 0 unspecified atom stereocenters. The van der Waals surface area contributed by atoms with E-state index in [1.54, 1.807) is 19.9 Å². The van der Waals surface area contributed by atoms with Crippen molar-refractivity contribution in [2.45, 2.75) is 26.7 Å². The summed E-state index contributed by atoms with van der Waals surface area (Å²) in [7, 11) is 1.91. The minimum atomic E-state index is -1.50. The molecule has 6 nitrogen and oxygen atoms in total. The third-order valence-corrected chi connectivity index (χ3v) is 4.60. The topological polar surface area (TPSA) is 77.8 Å². The molecule has 0 aliphatic carbocycles. The van der Waals surface area contributed by atoms with Crippen LogP contribution in [0.15, 0.2) is 42.5 Å². The van der Waals surface area contributed by atoms with Gasteiger partial charge in [0.2, 0.25) is 0 Å². The average molecular weight is 373 g/mol. The maximum absolute atomic E-state index is 12.9. The number of fused-ring (bicyclic) bond motifs is 1. The Hall–Kier alpha value is -2.60. The summed E-state index contributed by atoms with van der Waals surface area (Å²) in [6.45, 7) is 3.57. The minimum absolute atomic E-state index is 0.0900. The number of aliphatic hydroxyl groups is 1. The molecule has 0 atom stereocenters. The van der Waals surface area contributed by atoms with Crippen LogP contribution < -0.4 is 0 Å². The number of nitrogens with zero attached hydrogens (tertiary/aromatic N) is 1. The van der Waals surface area contributed by atoms with Crippen LogP contribution in [0, 0.1) is 5.41 Å². The first kappa shape index (κ1) is 20.7. The minimum Gasteiger partial charge on any atom is -0.465 e. The number of esters is 2. The number of carbonyl (C=O) groups excluding carboxylic acids is 2. The smallest absolute Gasteiger partial charge is 0.324 e. The van der Waals surface area contributed by atoms with Crippen molar-refractivity contribution in [3.63, 3.8) is 0 Å². The maximum Gasteiger partial charge on any atom is 0.324 e. The molecule has 2 rings (SSSR count). The van der Waals surface area contributed by atoms with E-state index in [0.29, 0.717) is 0 Å². The number of carbonyl (C=O) groups is 2. The number of allylic oxidation sites excluding steroid dienone is 1. The molecule has 0 saturated heterocycles. The Morgan fingerprint density at radius 3 is 2.30 bits per heavy atom. The first-order chi connectivity index (χ1) is 13.0. The predicted octanol–water partition coefficient (Wildman–Crippen LogP) is 2.77. The van der Waals surface area contributed by atoms with E-state index in [9.17, 15) is 9.59 Å². The molecular weight excluding hydrogens is 346 g/mol. The molecule has 1 N–H and O–H groups in total. The molecule has 1 aromatic carbocycles. The highest BCUT2D eigenvalue weighted by Gasteiger charge is 2.48. The second-order valence-electron chi connectivity index (χ2n) is 6.31. The van der Waals surface area contributed by atoms with Crippen molar-refractivity contribution in [3.05, 3.63) is 48.2 Å². The lowest BCUT2D eigenvalue weighted by Crippen LogP contribution is -2.44. The third-order valence-electron chi connectivity index (χ3n) is 4.60. The number of benzene rings is 1. The Morgan fingerprint density at radius 2 is 1.74 bits per heavy atom. The van der Waals surface area contributed by atoms with E-state index in [-0.39, 0.29) is 32.7 Å². The molecule has 2 aromatic rings. The fraction of sp³-hybridized carbons (Fsp3) is 0.429. The molecule has 146 valence electrons. The highest BCUT2D eigenvalue weighted by Crippen LogP contribution is 2.33. The summed E-state index contributed by atoms with van der Waals surface area (Å²) < 4.78 is 12.5. The van der Waals surface area contributed by atoms with Crippen molar-refractivity contribution in [2.24, 2.45) is 12.5 Å². The molecule has 27 heavy (non-hydrogen) atoms. The van der Waals surface area contributed by atoms with Crippen molar-refractivity contribution >= 4 is 22.8 Å². The molecule has 0 aliphatic rings.